The highest BCUT2D eigenvalue weighted by Crippen LogP contribution is 2.70. The zero-order valence-corrected chi connectivity index (χ0v) is 34.8. The number of rotatable bonds is 9. The summed E-state index contributed by atoms with van der Waals surface area (Å²) in [6.45, 7) is 10.0. The van der Waals surface area contributed by atoms with Gasteiger partial charge >= 0.3 is 0 Å². The van der Waals surface area contributed by atoms with Crippen molar-refractivity contribution in [2.75, 3.05) is 34.5 Å². The van der Waals surface area contributed by atoms with Crippen LogP contribution in [0.15, 0.2) is 29.9 Å². The molecule has 7 aliphatic rings. The van der Waals surface area contributed by atoms with Gasteiger partial charge in [-0.2, -0.15) is 0 Å². The number of carbonyl (C=O) groups is 1. The highest BCUT2D eigenvalue weighted by Gasteiger charge is 2.68. The van der Waals surface area contributed by atoms with Crippen molar-refractivity contribution in [2.24, 2.45) is 46.3 Å². The van der Waals surface area contributed by atoms with Gasteiger partial charge < -0.3 is 53.8 Å². The van der Waals surface area contributed by atoms with Crippen LogP contribution in [0.2, 0.25) is 0 Å². The number of allylic oxidation sites excluding steroid dienone is 1. The van der Waals surface area contributed by atoms with Crippen LogP contribution in [-0.4, -0.2) is 104 Å². The minimum atomic E-state index is -1.43. The molecule has 6 fully saturated rings. The second kappa shape index (κ2) is 15.7. The molecule has 12 nitrogen and oxygen atoms in total. The van der Waals surface area contributed by atoms with Crippen LogP contribution in [0.3, 0.4) is 0 Å². The van der Waals surface area contributed by atoms with E-state index >= 15 is 0 Å². The Bertz CT molecular complexity index is 1680. The molecule has 3 aliphatic heterocycles. The van der Waals surface area contributed by atoms with E-state index in [1.54, 1.807) is 18.2 Å². The van der Waals surface area contributed by atoms with Crippen molar-refractivity contribution in [1.29, 1.82) is 0 Å². The molecule has 57 heavy (non-hydrogen) atoms. The zero-order valence-electron chi connectivity index (χ0n) is 34.8. The van der Waals surface area contributed by atoms with Gasteiger partial charge in [-0.05, 0) is 116 Å². The van der Waals surface area contributed by atoms with Crippen molar-refractivity contribution in [3.05, 3.63) is 35.4 Å². The molecule has 8 rings (SSSR count). The molecule has 4 N–H and O–H groups in total. The molecule has 0 aromatic heterocycles. The lowest BCUT2D eigenvalue weighted by Crippen LogP contribution is -2.65. The molecule has 1 aromatic carbocycles. The first-order valence-corrected chi connectivity index (χ1v) is 21.4. The van der Waals surface area contributed by atoms with Crippen molar-refractivity contribution < 1.29 is 53.3 Å². The number of ether oxygens (including phenoxy) is 7. The number of amides is 1. The molecule has 0 bridgehead atoms. The largest absolute Gasteiger partial charge is 0.493 e. The Morgan fingerprint density at radius 1 is 0.982 bits per heavy atom. The minimum Gasteiger partial charge on any atom is -0.493 e. The standard InChI is InChI=1S/C45H65NO11/c1-24-12-17-45(54-23-24)25(2)37-32(57-45)21-31-29-10-9-27-20-28(13-15-43(27,3)30(29)14-16-44(31,37)4)55-42-38(40(50)39(49)35(22-47)56-42)46-36(48)11-8-26-18-33(51-5)41(53-7)34(19-26)52-6/h8-9,11,18-19,24-25,28-32,35,37-40,42,47,49-50H,10,12-17,20-23H2,1-7H3,(H,46,48)/b11-8+/t24-,25+,28+,29-,30+,31+,32+,35-,37+,38-,39-,40-,42-,43+,44+,45-/m1/s1. The van der Waals surface area contributed by atoms with E-state index in [-0.39, 0.29) is 23.0 Å². The first-order chi connectivity index (χ1) is 27.3. The van der Waals surface area contributed by atoms with Crippen molar-refractivity contribution in [1.82, 2.24) is 5.32 Å². The number of fused-ring (bicyclic) bond motifs is 7. The summed E-state index contributed by atoms with van der Waals surface area (Å²) in [5.41, 5.74) is 2.37. The van der Waals surface area contributed by atoms with E-state index in [0.29, 0.717) is 58.3 Å². The Balaban J connectivity index is 0.947. The minimum absolute atomic E-state index is 0.0696. The lowest BCUT2D eigenvalue weighted by molar-refractivity contribution is -0.284. The Morgan fingerprint density at radius 2 is 1.74 bits per heavy atom. The van der Waals surface area contributed by atoms with Crippen LogP contribution in [0.1, 0.15) is 91.0 Å². The normalized spacial score (nSPS) is 45.1. The van der Waals surface area contributed by atoms with Gasteiger partial charge in [-0.3, -0.25) is 4.79 Å². The van der Waals surface area contributed by atoms with Crippen LogP contribution in [0.25, 0.3) is 6.08 Å². The fraction of sp³-hybridized carbons (Fsp3) is 0.756. The number of aliphatic hydroxyl groups excluding tert-OH is 3. The summed E-state index contributed by atoms with van der Waals surface area (Å²) >= 11 is 0. The topological polar surface area (TPSA) is 154 Å². The highest BCUT2D eigenvalue weighted by molar-refractivity contribution is 5.92. The maximum atomic E-state index is 13.3. The number of aliphatic hydroxyl groups is 3. The van der Waals surface area contributed by atoms with Crippen LogP contribution in [-0.2, 0) is 23.7 Å². The Morgan fingerprint density at radius 3 is 2.40 bits per heavy atom. The van der Waals surface area contributed by atoms with Gasteiger partial charge in [0.1, 0.15) is 24.4 Å². The monoisotopic (exact) mass is 795 g/mol. The molecule has 1 aromatic rings. The lowest BCUT2D eigenvalue weighted by atomic mass is 9.47. The molecule has 12 heteroatoms. The van der Waals surface area contributed by atoms with E-state index in [0.717, 1.165) is 45.1 Å². The molecule has 0 radical (unpaired) electrons. The molecule has 4 aliphatic carbocycles. The van der Waals surface area contributed by atoms with E-state index in [1.807, 2.05) is 0 Å². The summed E-state index contributed by atoms with van der Waals surface area (Å²) in [6.07, 6.45) is 9.77. The van der Waals surface area contributed by atoms with E-state index in [2.05, 4.69) is 39.1 Å². The molecule has 3 heterocycles. The number of hydrogen-bond acceptors (Lipinski definition) is 11. The summed E-state index contributed by atoms with van der Waals surface area (Å²) in [5.74, 6) is 3.77. The molecule has 3 saturated heterocycles. The van der Waals surface area contributed by atoms with E-state index in [1.165, 1.54) is 52.2 Å². The molecule has 316 valence electrons. The number of methoxy groups -OCH3 is 3. The second-order valence-corrected chi connectivity index (χ2v) is 18.8. The van der Waals surface area contributed by atoms with Gasteiger partial charge in [-0.1, -0.05) is 39.3 Å². The van der Waals surface area contributed by atoms with E-state index in [9.17, 15) is 20.1 Å². The summed E-state index contributed by atoms with van der Waals surface area (Å²) in [4.78, 5) is 13.3. The third-order valence-electron chi connectivity index (χ3n) is 16.0. The summed E-state index contributed by atoms with van der Waals surface area (Å²) in [5, 5.41) is 34.9. The molecular formula is C45H65NO11. The van der Waals surface area contributed by atoms with Crippen molar-refractivity contribution in [3.63, 3.8) is 0 Å². The number of hydrogen-bond donors (Lipinski definition) is 4. The van der Waals surface area contributed by atoms with Gasteiger partial charge in [0, 0.05) is 18.4 Å². The Hall–Kier alpha value is -2.71. The van der Waals surface area contributed by atoms with Crippen LogP contribution in [0, 0.1) is 46.3 Å². The van der Waals surface area contributed by atoms with Crippen molar-refractivity contribution in [3.8, 4) is 17.2 Å². The van der Waals surface area contributed by atoms with Gasteiger partial charge in [0.2, 0.25) is 11.7 Å². The van der Waals surface area contributed by atoms with E-state index in [4.69, 9.17) is 33.2 Å². The highest BCUT2D eigenvalue weighted by atomic mass is 16.7. The molecular weight excluding hydrogens is 730 g/mol. The Kier molecular flexibility index (Phi) is 11.3. The van der Waals surface area contributed by atoms with Crippen LogP contribution in [0.5, 0.6) is 17.2 Å². The van der Waals surface area contributed by atoms with Crippen molar-refractivity contribution in [2.45, 2.75) is 134 Å². The van der Waals surface area contributed by atoms with E-state index < -0.39 is 48.9 Å². The first kappa shape index (κ1) is 41.0. The molecule has 3 saturated carbocycles. The zero-order chi connectivity index (χ0) is 40.4. The third kappa shape index (κ3) is 6.92. The van der Waals surface area contributed by atoms with Crippen LogP contribution >= 0.6 is 0 Å². The van der Waals surface area contributed by atoms with Gasteiger partial charge in [-0.15, -0.1) is 0 Å². The predicted molar refractivity (Wildman–Crippen MR) is 211 cm³/mol. The third-order valence-corrected chi connectivity index (χ3v) is 16.0. The van der Waals surface area contributed by atoms with Gasteiger partial charge in [0.05, 0.1) is 46.8 Å². The molecule has 16 atom stereocenters. The van der Waals surface area contributed by atoms with Crippen LogP contribution in [0.4, 0.5) is 0 Å². The summed E-state index contributed by atoms with van der Waals surface area (Å²) < 4.78 is 42.5. The maximum Gasteiger partial charge on any atom is 0.244 e. The average molecular weight is 796 g/mol. The summed E-state index contributed by atoms with van der Waals surface area (Å²) in [7, 11) is 4.55. The van der Waals surface area contributed by atoms with Gasteiger partial charge in [0.15, 0.2) is 23.6 Å². The smallest absolute Gasteiger partial charge is 0.244 e. The Labute approximate surface area is 337 Å². The fourth-order valence-electron chi connectivity index (χ4n) is 12.9. The molecule has 1 spiro atoms. The quantitative estimate of drug-likeness (QED) is 0.188. The molecule has 1 amide bonds. The molecule has 0 unspecified atom stereocenters. The first-order valence-electron chi connectivity index (χ1n) is 21.4. The SMILES string of the molecule is COc1cc(/C=C/C(=O)N[C@H]2[C@H](O[C@H]3CC[C@@]4(C)C(=CC[C@H]5[C@@H]6C[C@@H]7O[C@]8(CC[C@@H](C)CO8)[C@@H](C)[C@@H]7[C@@]6(C)CC[C@@H]54)C3)O[C@H](CO)[C@@H](O)[C@@H]2O)cc(OC)c1OC. The van der Waals surface area contributed by atoms with Gasteiger partial charge in [-0.25, -0.2) is 0 Å². The average Bonchev–Trinajstić information content (AvgIpc) is 3.66. The number of carbonyl (C=O) groups excluding carboxylic acids is 1. The lowest BCUT2D eigenvalue weighted by Gasteiger charge is -2.58. The second-order valence-electron chi connectivity index (χ2n) is 18.8. The number of benzene rings is 1. The fourth-order valence-corrected chi connectivity index (χ4v) is 12.9. The van der Waals surface area contributed by atoms with Crippen LogP contribution < -0.4 is 19.5 Å². The maximum absolute atomic E-state index is 13.3. The predicted octanol–water partition coefficient (Wildman–Crippen LogP) is 5.40. The van der Waals surface area contributed by atoms with Gasteiger partial charge in [0.25, 0.3) is 0 Å². The van der Waals surface area contributed by atoms with Crippen molar-refractivity contribution >= 4 is 12.0 Å². The summed E-state index contributed by atoms with van der Waals surface area (Å²) in [6, 6.07) is 2.35. The number of nitrogens with one attached hydrogen (secondary N) is 1.